The average molecular weight is 386 g/mol. The van der Waals surface area contributed by atoms with Crippen molar-refractivity contribution in [2.75, 3.05) is 0 Å². The van der Waals surface area contributed by atoms with Crippen LogP contribution in [0.1, 0.15) is 48.0 Å². The van der Waals surface area contributed by atoms with Crippen LogP contribution < -0.4 is 4.74 Å². The first-order valence-corrected chi connectivity index (χ1v) is 9.63. The summed E-state index contributed by atoms with van der Waals surface area (Å²) in [5.41, 5.74) is -0.575. The fourth-order valence-corrected chi connectivity index (χ4v) is 2.71. The molecule has 152 valence electrons. The largest absolute Gasteiger partial charge is 0.486 e. The van der Waals surface area contributed by atoms with Gasteiger partial charge in [-0.25, -0.2) is 0 Å². The normalized spacial score (nSPS) is 14.8. The fraction of sp³-hybridized carbons (Fsp3) is 0.478. The number of benzene rings is 2. The summed E-state index contributed by atoms with van der Waals surface area (Å²) in [5, 5.41) is 2.09. The highest BCUT2D eigenvalue weighted by atomic mass is 16.6. The van der Waals surface area contributed by atoms with Gasteiger partial charge in [-0.2, -0.15) is 0 Å². The molecular formula is C23H30O5. The van der Waals surface area contributed by atoms with E-state index in [1.54, 1.807) is 34.6 Å². The number of carbonyl (C=O) groups is 2. The van der Waals surface area contributed by atoms with Crippen LogP contribution in [0.2, 0.25) is 0 Å². The molecule has 5 nitrogen and oxygen atoms in total. The van der Waals surface area contributed by atoms with Gasteiger partial charge >= 0.3 is 11.9 Å². The average Bonchev–Trinajstić information content (AvgIpc) is 2.60. The van der Waals surface area contributed by atoms with Crippen LogP contribution in [-0.4, -0.2) is 29.7 Å². The Bertz CT molecular complexity index is 816. The summed E-state index contributed by atoms with van der Waals surface area (Å²) in [7, 11) is 0. The molecule has 2 aromatic carbocycles. The maximum absolute atomic E-state index is 12.3. The first-order chi connectivity index (χ1) is 13.1. The van der Waals surface area contributed by atoms with Crippen LogP contribution >= 0.6 is 0 Å². The third-order valence-electron chi connectivity index (χ3n) is 4.32. The molecular weight excluding hydrogens is 356 g/mol. The zero-order valence-electron chi connectivity index (χ0n) is 17.5. The van der Waals surface area contributed by atoms with Crippen LogP contribution in [-0.2, 0) is 19.1 Å². The Morgan fingerprint density at radius 2 is 1.57 bits per heavy atom. The highest BCUT2D eigenvalue weighted by Gasteiger charge is 2.26. The van der Waals surface area contributed by atoms with Gasteiger partial charge in [-0.05, 0) is 46.1 Å². The van der Waals surface area contributed by atoms with Gasteiger partial charge in [0.05, 0.1) is 12.3 Å². The Morgan fingerprint density at radius 3 is 2.25 bits per heavy atom. The molecule has 0 radical (unpaired) electrons. The molecule has 2 aromatic rings. The fourth-order valence-electron chi connectivity index (χ4n) is 2.71. The van der Waals surface area contributed by atoms with Gasteiger partial charge in [0.2, 0.25) is 0 Å². The number of esters is 2. The minimum absolute atomic E-state index is 0.0125. The Morgan fingerprint density at radius 1 is 0.929 bits per heavy atom. The molecule has 0 aliphatic rings. The molecule has 0 N–H and O–H groups in total. The van der Waals surface area contributed by atoms with Crippen molar-refractivity contribution in [3.05, 3.63) is 42.5 Å². The number of ether oxygens (including phenoxy) is 3. The Balaban J connectivity index is 1.93. The second-order valence-electron chi connectivity index (χ2n) is 8.13. The van der Waals surface area contributed by atoms with Gasteiger partial charge in [0, 0.05) is 5.39 Å². The highest BCUT2D eigenvalue weighted by Crippen LogP contribution is 2.27. The molecule has 3 atom stereocenters. The number of fused-ring (bicyclic) bond motifs is 1. The van der Waals surface area contributed by atoms with E-state index in [-0.39, 0.29) is 12.5 Å². The third-order valence-corrected chi connectivity index (χ3v) is 4.32. The van der Waals surface area contributed by atoms with Crippen molar-refractivity contribution in [3.8, 4) is 5.75 Å². The van der Waals surface area contributed by atoms with E-state index in [1.807, 2.05) is 49.4 Å². The van der Waals surface area contributed by atoms with Crippen molar-refractivity contribution < 1.29 is 23.8 Å². The maximum atomic E-state index is 12.3. The number of hydrogen-bond donors (Lipinski definition) is 0. The van der Waals surface area contributed by atoms with Crippen LogP contribution in [0.25, 0.3) is 10.8 Å². The molecule has 0 amide bonds. The second kappa shape index (κ2) is 9.09. The Labute approximate surface area is 167 Å². The third kappa shape index (κ3) is 6.25. The minimum atomic E-state index is -0.581. The van der Waals surface area contributed by atoms with Gasteiger partial charge in [0.15, 0.2) is 0 Å². The molecule has 0 spiro atoms. The quantitative estimate of drug-likeness (QED) is 0.633. The molecule has 0 aromatic heterocycles. The summed E-state index contributed by atoms with van der Waals surface area (Å²) >= 11 is 0. The van der Waals surface area contributed by atoms with Crippen molar-refractivity contribution in [1.29, 1.82) is 0 Å². The molecule has 28 heavy (non-hydrogen) atoms. The van der Waals surface area contributed by atoms with E-state index in [4.69, 9.17) is 14.2 Å². The molecule has 0 unspecified atom stereocenters. The van der Waals surface area contributed by atoms with Gasteiger partial charge in [0.1, 0.15) is 23.6 Å². The van der Waals surface area contributed by atoms with Crippen LogP contribution in [0.4, 0.5) is 0 Å². The minimum Gasteiger partial charge on any atom is -0.486 e. The smallest absolute Gasteiger partial charge is 0.309 e. The summed E-state index contributed by atoms with van der Waals surface area (Å²) in [6.07, 6.45) is -0.822. The second-order valence-corrected chi connectivity index (χ2v) is 8.13. The number of carbonyl (C=O) groups excluding carboxylic acids is 2. The predicted molar refractivity (Wildman–Crippen MR) is 109 cm³/mol. The molecule has 0 heterocycles. The summed E-state index contributed by atoms with van der Waals surface area (Å²) in [4.78, 5) is 24.2. The van der Waals surface area contributed by atoms with Crippen molar-refractivity contribution in [2.45, 2.75) is 65.8 Å². The highest BCUT2D eigenvalue weighted by molar-refractivity contribution is 5.88. The monoisotopic (exact) mass is 386 g/mol. The van der Waals surface area contributed by atoms with E-state index < -0.39 is 29.6 Å². The molecule has 5 heteroatoms. The maximum Gasteiger partial charge on any atom is 0.309 e. The first-order valence-electron chi connectivity index (χ1n) is 9.63. The lowest BCUT2D eigenvalue weighted by molar-refractivity contribution is -0.164. The summed E-state index contributed by atoms with van der Waals surface area (Å²) < 4.78 is 16.8. The summed E-state index contributed by atoms with van der Waals surface area (Å²) in [6, 6.07) is 13.8. The van der Waals surface area contributed by atoms with Gasteiger partial charge < -0.3 is 14.2 Å². The molecule has 0 bridgehead atoms. The van der Waals surface area contributed by atoms with Crippen LogP contribution in [0, 0.1) is 5.92 Å². The zero-order chi connectivity index (χ0) is 20.9. The van der Waals surface area contributed by atoms with E-state index >= 15 is 0 Å². The van der Waals surface area contributed by atoms with E-state index in [0.29, 0.717) is 0 Å². The zero-order valence-corrected chi connectivity index (χ0v) is 17.5. The Hall–Kier alpha value is -2.56. The molecule has 0 saturated heterocycles. The molecule has 0 fully saturated rings. The SMILES string of the molecule is C[C@H](CC(=O)OC(C)(C)C)C(=O)O[C@@H](C)[C@@H](C)Oc1cccc2ccccc12. The molecule has 0 saturated carbocycles. The van der Waals surface area contributed by atoms with Gasteiger partial charge in [-0.1, -0.05) is 43.3 Å². The van der Waals surface area contributed by atoms with Gasteiger partial charge in [-0.15, -0.1) is 0 Å². The Kier molecular flexibility index (Phi) is 7.05. The molecule has 0 aliphatic carbocycles. The lowest BCUT2D eigenvalue weighted by Gasteiger charge is -2.24. The van der Waals surface area contributed by atoms with E-state index in [2.05, 4.69) is 0 Å². The number of rotatable bonds is 7. The topological polar surface area (TPSA) is 61.8 Å². The van der Waals surface area contributed by atoms with Crippen LogP contribution in [0.5, 0.6) is 5.75 Å². The van der Waals surface area contributed by atoms with Gasteiger partial charge in [0.25, 0.3) is 0 Å². The molecule has 2 rings (SSSR count). The lowest BCUT2D eigenvalue weighted by Crippen LogP contribution is -2.33. The van der Waals surface area contributed by atoms with E-state index in [0.717, 1.165) is 16.5 Å². The van der Waals surface area contributed by atoms with Crippen molar-refractivity contribution in [3.63, 3.8) is 0 Å². The van der Waals surface area contributed by atoms with Crippen LogP contribution in [0.3, 0.4) is 0 Å². The summed E-state index contributed by atoms with van der Waals surface area (Å²) in [6.45, 7) is 10.7. The lowest BCUT2D eigenvalue weighted by atomic mass is 10.1. The van der Waals surface area contributed by atoms with E-state index in [1.165, 1.54) is 0 Å². The number of hydrogen-bond acceptors (Lipinski definition) is 5. The van der Waals surface area contributed by atoms with Crippen molar-refractivity contribution in [1.82, 2.24) is 0 Å². The summed E-state index contributed by atoms with van der Waals surface area (Å²) in [5.74, 6) is -0.686. The standard InChI is InChI=1S/C23H30O5/c1-15(14-21(24)28-23(4,5)6)22(25)27-17(3)16(2)26-20-13-9-11-18-10-7-8-12-19(18)20/h7-13,15-17H,14H2,1-6H3/t15-,16-,17+/m1/s1. The van der Waals surface area contributed by atoms with Crippen molar-refractivity contribution >= 4 is 22.7 Å². The predicted octanol–water partition coefficient (Wildman–Crippen LogP) is 4.91. The van der Waals surface area contributed by atoms with E-state index in [9.17, 15) is 9.59 Å². The van der Waals surface area contributed by atoms with Crippen molar-refractivity contribution in [2.24, 2.45) is 5.92 Å². The first kappa shape index (κ1) is 21.7. The van der Waals surface area contributed by atoms with Gasteiger partial charge in [-0.3, -0.25) is 9.59 Å². The molecule has 0 aliphatic heterocycles. The van der Waals surface area contributed by atoms with Crippen LogP contribution in [0.15, 0.2) is 42.5 Å².